The average Bonchev–Trinajstić information content (AvgIpc) is 3.44. The van der Waals surface area contributed by atoms with Crippen molar-refractivity contribution in [2.45, 2.75) is 19.9 Å². The van der Waals surface area contributed by atoms with Crippen LogP contribution in [0.4, 0.5) is 0 Å². The Morgan fingerprint density at radius 1 is 1.32 bits per heavy atom. The fourth-order valence-electron chi connectivity index (χ4n) is 3.38. The van der Waals surface area contributed by atoms with Gasteiger partial charge in [-0.25, -0.2) is 9.98 Å². The van der Waals surface area contributed by atoms with Crippen molar-refractivity contribution >= 4 is 27.5 Å². The van der Waals surface area contributed by atoms with Gasteiger partial charge in [0.2, 0.25) is 0 Å². The fraction of sp³-hybridized carbons (Fsp3) is 0.429. The standard InChI is InChI=1S/C21H26N4O2S/c1-3-22-21(25(2)13-15-10-11-26-14-15)23-12-16-8-9-18(27-16)20-24-17-6-4-5-7-19(17)28-20/h4-9,15H,3,10-14H2,1-2H3,(H,22,23). The van der Waals surface area contributed by atoms with Gasteiger partial charge in [0.1, 0.15) is 12.3 Å². The highest BCUT2D eigenvalue weighted by Gasteiger charge is 2.19. The number of guanidine groups is 1. The van der Waals surface area contributed by atoms with Crippen LogP contribution in [0.2, 0.25) is 0 Å². The monoisotopic (exact) mass is 398 g/mol. The minimum Gasteiger partial charge on any atom is -0.457 e. The number of benzene rings is 1. The molecule has 1 unspecified atom stereocenters. The zero-order chi connectivity index (χ0) is 19.3. The van der Waals surface area contributed by atoms with Crippen LogP contribution in [0, 0.1) is 5.92 Å². The van der Waals surface area contributed by atoms with Crippen LogP contribution in [-0.4, -0.2) is 49.2 Å². The van der Waals surface area contributed by atoms with Crippen LogP contribution in [0.5, 0.6) is 0 Å². The molecule has 0 amide bonds. The summed E-state index contributed by atoms with van der Waals surface area (Å²) < 4.78 is 12.7. The maximum Gasteiger partial charge on any atom is 0.194 e. The first kappa shape index (κ1) is 19.0. The van der Waals surface area contributed by atoms with Gasteiger partial charge in [-0.15, -0.1) is 11.3 Å². The van der Waals surface area contributed by atoms with Crippen LogP contribution < -0.4 is 5.32 Å². The second-order valence-corrected chi connectivity index (χ2v) is 8.06. The van der Waals surface area contributed by atoms with Gasteiger partial charge in [0.25, 0.3) is 0 Å². The fourth-order valence-corrected chi connectivity index (χ4v) is 4.31. The van der Waals surface area contributed by atoms with Crippen molar-refractivity contribution < 1.29 is 9.15 Å². The van der Waals surface area contributed by atoms with E-state index in [1.54, 1.807) is 11.3 Å². The highest BCUT2D eigenvalue weighted by atomic mass is 32.1. The third-order valence-corrected chi connectivity index (χ3v) is 5.85. The first-order chi connectivity index (χ1) is 13.7. The van der Waals surface area contributed by atoms with Gasteiger partial charge in [-0.05, 0) is 37.6 Å². The van der Waals surface area contributed by atoms with Gasteiger partial charge >= 0.3 is 0 Å². The predicted octanol–water partition coefficient (Wildman–Crippen LogP) is 3.99. The molecule has 1 fully saturated rings. The molecule has 7 heteroatoms. The summed E-state index contributed by atoms with van der Waals surface area (Å²) in [4.78, 5) is 11.6. The van der Waals surface area contributed by atoms with Crippen LogP contribution in [0.1, 0.15) is 19.1 Å². The second-order valence-electron chi connectivity index (χ2n) is 7.03. The minimum absolute atomic E-state index is 0.499. The highest BCUT2D eigenvalue weighted by Crippen LogP contribution is 2.31. The van der Waals surface area contributed by atoms with Gasteiger partial charge in [0.15, 0.2) is 16.7 Å². The lowest BCUT2D eigenvalue weighted by Crippen LogP contribution is -2.41. The topological polar surface area (TPSA) is 62.9 Å². The summed E-state index contributed by atoms with van der Waals surface area (Å²) >= 11 is 1.65. The summed E-state index contributed by atoms with van der Waals surface area (Å²) in [5, 5.41) is 4.27. The number of thiazole rings is 1. The molecule has 1 saturated heterocycles. The molecule has 3 heterocycles. The van der Waals surface area contributed by atoms with E-state index in [0.717, 1.165) is 60.7 Å². The van der Waals surface area contributed by atoms with E-state index in [1.807, 2.05) is 30.3 Å². The molecular formula is C21H26N4O2S. The van der Waals surface area contributed by atoms with Gasteiger partial charge in [-0.3, -0.25) is 0 Å². The molecule has 4 rings (SSSR count). The molecule has 1 N–H and O–H groups in total. The van der Waals surface area contributed by atoms with E-state index in [-0.39, 0.29) is 0 Å². The summed E-state index contributed by atoms with van der Waals surface area (Å²) in [6.07, 6.45) is 1.12. The molecule has 6 nitrogen and oxygen atoms in total. The molecule has 2 aromatic heterocycles. The van der Waals surface area contributed by atoms with E-state index in [1.165, 1.54) is 4.70 Å². The van der Waals surface area contributed by atoms with Crippen molar-refractivity contribution in [3.8, 4) is 10.8 Å². The molecule has 0 saturated carbocycles. The maximum atomic E-state index is 6.02. The maximum absolute atomic E-state index is 6.02. The van der Waals surface area contributed by atoms with Crippen molar-refractivity contribution in [2.75, 3.05) is 33.4 Å². The summed E-state index contributed by atoms with van der Waals surface area (Å²) in [5.41, 5.74) is 1.01. The molecule has 0 spiro atoms. The number of para-hydroxylation sites is 1. The number of fused-ring (bicyclic) bond motifs is 1. The van der Waals surface area contributed by atoms with E-state index < -0.39 is 0 Å². The summed E-state index contributed by atoms with van der Waals surface area (Å²) in [7, 11) is 2.08. The lowest BCUT2D eigenvalue weighted by Gasteiger charge is -2.24. The molecule has 1 aromatic carbocycles. The van der Waals surface area contributed by atoms with Crippen molar-refractivity contribution in [1.82, 2.24) is 15.2 Å². The normalized spacial score (nSPS) is 17.4. The molecular weight excluding hydrogens is 372 g/mol. The van der Waals surface area contributed by atoms with Crippen molar-refractivity contribution in [2.24, 2.45) is 10.9 Å². The number of aliphatic imine (C=N–C) groups is 1. The Morgan fingerprint density at radius 2 is 2.21 bits per heavy atom. The first-order valence-corrected chi connectivity index (χ1v) is 10.6. The molecule has 1 aliphatic heterocycles. The number of hydrogen-bond acceptors (Lipinski definition) is 5. The number of ether oxygens (including phenoxy) is 1. The van der Waals surface area contributed by atoms with Crippen molar-refractivity contribution in [1.29, 1.82) is 0 Å². The number of rotatable bonds is 6. The smallest absolute Gasteiger partial charge is 0.194 e. The SMILES string of the molecule is CCNC(=NCc1ccc(-c2nc3ccccc3s2)o1)N(C)CC1CCOC1. The number of hydrogen-bond donors (Lipinski definition) is 1. The van der Waals surface area contributed by atoms with Crippen molar-refractivity contribution in [3.63, 3.8) is 0 Å². The van der Waals surface area contributed by atoms with Crippen LogP contribution in [0.3, 0.4) is 0 Å². The Kier molecular flexibility index (Phi) is 5.92. The lowest BCUT2D eigenvalue weighted by molar-refractivity contribution is 0.181. The molecule has 3 aromatic rings. The van der Waals surface area contributed by atoms with Gasteiger partial charge in [0.05, 0.1) is 16.8 Å². The molecule has 148 valence electrons. The molecule has 0 radical (unpaired) electrons. The largest absolute Gasteiger partial charge is 0.457 e. The van der Waals surface area contributed by atoms with Crippen LogP contribution in [0.25, 0.3) is 21.0 Å². The zero-order valence-electron chi connectivity index (χ0n) is 16.4. The third-order valence-electron chi connectivity index (χ3n) is 4.80. The number of nitrogens with zero attached hydrogens (tertiary/aromatic N) is 3. The minimum atomic E-state index is 0.499. The molecule has 0 aliphatic carbocycles. The molecule has 1 atom stereocenters. The Hall–Kier alpha value is -2.38. The first-order valence-electron chi connectivity index (χ1n) is 9.74. The Bertz CT molecular complexity index is 910. The van der Waals surface area contributed by atoms with E-state index in [4.69, 9.17) is 14.1 Å². The third kappa shape index (κ3) is 4.36. The van der Waals surface area contributed by atoms with Gasteiger partial charge < -0.3 is 19.4 Å². The van der Waals surface area contributed by atoms with Crippen LogP contribution in [0.15, 0.2) is 45.8 Å². The number of nitrogens with one attached hydrogen (secondary N) is 1. The van der Waals surface area contributed by atoms with E-state index in [2.05, 4.69) is 35.2 Å². The summed E-state index contributed by atoms with van der Waals surface area (Å²) in [6, 6.07) is 12.1. The Labute approximate surface area is 169 Å². The Balaban J connectivity index is 1.44. The van der Waals surface area contributed by atoms with Crippen LogP contribution >= 0.6 is 11.3 Å². The quantitative estimate of drug-likeness (QED) is 0.502. The van der Waals surface area contributed by atoms with Crippen LogP contribution in [-0.2, 0) is 11.3 Å². The zero-order valence-corrected chi connectivity index (χ0v) is 17.2. The van der Waals surface area contributed by atoms with Gasteiger partial charge in [0, 0.05) is 32.7 Å². The molecule has 28 heavy (non-hydrogen) atoms. The predicted molar refractivity (Wildman–Crippen MR) is 114 cm³/mol. The highest BCUT2D eigenvalue weighted by molar-refractivity contribution is 7.21. The summed E-state index contributed by atoms with van der Waals surface area (Å²) in [5.74, 6) is 3.10. The Morgan fingerprint density at radius 3 is 3.00 bits per heavy atom. The van der Waals surface area contributed by atoms with Crippen molar-refractivity contribution in [3.05, 3.63) is 42.2 Å². The van der Waals surface area contributed by atoms with Gasteiger partial charge in [-0.2, -0.15) is 0 Å². The lowest BCUT2D eigenvalue weighted by atomic mass is 10.1. The van der Waals surface area contributed by atoms with E-state index in [9.17, 15) is 0 Å². The second kappa shape index (κ2) is 8.75. The van der Waals surface area contributed by atoms with Gasteiger partial charge in [-0.1, -0.05) is 12.1 Å². The number of furan rings is 1. The van der Waals surface area contributed by atoms with E-state index in [0.29, 0.717) is 12.5 Å². The molecule has 0 bridgehead atoms. The number of aromatic nitrogens is 1. The van der Waals surface area contributed by atoms with E-state index >= 15 is 0 Å². The molecule has 1 aliphatic rings. The average molecular weight is 399 g/mol. The summed E-state index contributed by atoms with van der Waals surface area (Å²) in [6.45, 7) is 6.07.